The molecule has 0 bridgehead atoms. The molecule has 0 aliphatic rings. The Labute approximate surface area is 156 Å². The summed E-state index contributed by atoms with van der Waals surface area (Å²) in [5, 5.41) is 13.3. The smallest absolute Gasteiger partial charge is 0.339 e. The molecule has 9 nitrogen and oxygen atoms in total. The van der Waals surface area contributed by atoms with Crippen molar-refractivity contribution in [3.63, 3.8) is 0 Å². The first-order valence-corrected chi connectivity index (χ1v) is 9.11. The van der Waals surface area contributed by atoms with Crippen LogP contribution in [0.3, 0.4) is 0 Å². The van der Waals surface area contributed by atoms with Gasteiger partial charge in [-0.2, -0.15) is 0 Å². The molecule has 1 amide bonds. The quantitative estimate of drug-likeness (QED) is 0.435. The third-order valence-electron chi connectivity index (χ3n) is 3.42. The summed E-state index contributed by atoms with van der Waals surface area (Å²) in [5.41, 5.74) is -0.0654. The van der Waals surface area contributed by atoms with Crippen LogP contribution in [0.2, 0.25) is 0 Å². The van der Waals surface area contributed by atoms with E-state index in [1.165, 1.54) is 37.6 Å². The molecule has 1 N–H and O–H groups in total. The predicted octanol–water partition coefficient (Wildman–Crippen LogP) is 2.14. The molecule has 0 unspecified atom stereocenters. The van der Waals surface area contributed by atoms with E-state index in [1.54, 1.807) is 12.1 Å². The van der Waals surface area contributed by atoms with E-state index in [4.69, 9.17) is 9.47 Å². The van der Waals surface area contributed by atoms with E-state index in [0.29, 0.717) is 4.90 Å². The second kappa shape index (κ2) is 8.90. The second-order valence-corrected chi connectivity index (χ2v) is 6.56. The van der Waals surface area contributed by atoms with E-state index in [1.807, 2.05) is 0 Å². The molecule has 0 aliphatic heterocycles. The lowest BCUT2D eigenvalue weighted by Gasteiger charge is -2.11. The molecule has 10 heteroatoms. The molecule has 1 atom stereocenters. The Kier molecular flexibility index (Phi) is 6.61. The number of benzene rings is 2. The number of ether oxygens (including phenoxy) is 2. The second-order valence-electron chi connectivity index (χ2n) is 5.22. The fourth-order valence-electron chi connectivity index (χ4n) is 2.19. The summed E-state index contributed by atoms with van der Waals surface area (Å²) >= 11 is 0. The van der Waals surface area contributed by atoms with E-state index in [-0.39, 0.29) is 22.7 Å². The number of methoxy groups -OCH3 is 1. The van der Waals surface area contributed by atoms with Crippen LogP contribution in [0.5, 0.6) is 5.75 Å². The minimum Gasteiger partial charge on any atom is -0.495 e. The highest BCUT2D eigenvalue weighted by molar-refractivity contribution is 7.84. The molecule has 2 rings (SSSR count). The van der Waals surface area contributed by atoms with Gasteiger partial charge in [0.1, 0.15) is 5.75 Å². The zero-order valence-corrected chi connectivity index (χ0v) is 15.3. The lowest BCUT2D eigenvalue weighted by atomic mass is 10.2. The molecule has 0 saturated heterocycles. The van der Waals surface area contributed by atoms with Crippen LogP contribution in [0.4, 0.5) is 11.4 Å². The fraction of sp³-hybridized carbons (Fsp3) is 0.176. The highest BCUT2D eigenvalue weighted by Gasteiger charge is 2.18. The van der Waals surface area contributed by atoms with E-state index in [2.05, 4.69) is 5.32 Å². The van der Waals surface area contributed by atoms with Gasteiger partial charge in [-0.15, -0.1) is 0 Å². The van der Waals surface area contributed by atoms with Gasteiger partial charge in [0.15, 0.2) is 6.61 Å². The van der Waals surface area contributed by atoms with E-state index in [0.717, 1.165) is 6.07 Å². The van der Waals surface area contributed by atoms with Gasteiger partial charge in [-0.25, -0.2) is 4.79 Å². The Morgan fingerprint density at radius 2 is 1.93 bits per heavy atom. The number of nitro benzene ring substituents is 1. The number of hydrogen-bond donors (Lipinski definition) is 1. The van der Waals surface area contributed by atoms with Gasteiger partial charge in [0.25, 0.3) is 11.6 Å². The number of hydrogen-bond acceptors (Lipinski definition) is 7. The fourth-order valence-corrected chi connectivity index (χ4v) is 2.92. The van der Waals surface area contributed by atoms with Crippen LogP contribution in [0.1, 0.15) is 10.4 Å². The molecule has 0 heterocycles. The zero-order valence-electron chi connectivity index (χ0n) is 14.5. The Bertz CT molecular complexity index is 914. The van der Waals surface area contributed by atoms with Crippen molar-refractivity contribution in [2.45, 2.75) is 4.90 Å². The van der Waals surface area contributed by atoms with Gasteiger partial charge >= 0.3 is 5.97 Å². The minimum atomic E-state index is -1.40. The third-order valence-corrected chi connectivity index (χ3v) is 4.39. The monoisotopic (exact) mass is 392 g/mol. The topological polar surface area (TPSA) is 125 Å². The maximum atomic E-state index is 12.1. The van der Waals surface area contributed by atoms with Gasteiger partial charge in [0.2, 0.25) is 0 Å². The Hall–Kier alpha value is -3.27. The maximum absolute atomic E-state index is 12.1. The van der Waals surface area contributed by atoms with Crippen LogP contribution in [0, 0.1) is 10.1 Å². The molecule has 0 radical (unpaired) electrons. The summed E-state index contributed by atoms with van der Waals surface area (Å²) < 4.78 is 21.6. The minimum absolute atomic E-state index is 0.0720. The SMILES string of the molecule is COc1ccc([N+](=O)[O-])cc1NC(=O)COC(=O)c1ccccc1[S@@](C)=O. The summed E-state index contributed by atoms with van der Waals surface area (Å²) in [6.07, 6.45) is 1.42. The summed E-state index contributed by atoms with van der Waals surface area (Å²) in [6.45, 7) is -0.630. The zero-order chi connectivity index (χ0) is 20.0. The van der Waals surface area contributed by atoms with Gasteiger partial charge in [-0.05, 0) is 18.2 Å². The van der Waals surface area contributed by atoms with Crippen molar-refractivity contribution in [3.8, 4) is 5.75 Å². The summed E-state index contributed by atoms with van der Waals surface area (Å²) in [7, 11) is -0.0543. The first kappa shape index (κ1) is 20.0. The van der Waals surface area contributed by atoms with Crippen molar-refractivity contribution in [1.82, 2.24) is 0 Å². The number of carbonyl (C=O) groups is 2. The van der Waals surface area contributed by atoms with Gasteiger partial charge < -0.3 is 14.8 Å². The number of rotatable bonds is 7. The van der Waals surface area contributed by atoms with Crippen molar-refractivity contribution in [2.75, 3.05) is 25.3 Å². The first-order valence-electron chi connectivity index (χ1n) is 7.55. The van der Waals surface area contributed by atoms with Crippen molar-refractivity contribution in [3.05, 3.63) is 58.1 Å². The third kappa shape index (κ3) is 5.11. The van der Waals surface area contributed by atoms with Crippen molar-refractivity contribution in [2.24, 2.45) is 0 Å². The number of non-ortho nitro benzene ring substituents is 1. The number of esters is 1. The highest BCUT2D eigenvalue weighted by atomic mass is 32.2. The maximum Gasteiger partial charge on any atom is 0.339 e. The van der Waals surface area contributed by atoms with E-state index in [9.17, 15) is 23.9 Å². The molecule has 2 aromatic rings. The lowest BCUT2D eigenvalue weighted by Crippen LogP contribution is -2.21. The van der Waals surface area contributed by atoms with Gasteiger partial charge in [0.05, 0.1) is 39.0 Å². The Morgan fingerprint density at radius 3 is 2.56 bits per heavy atom. The molecule has 0 spiro atoms. The first-order chi connectivity index (χ1) is 12.8. The summed E-state index contributed by atoms with van der Waals surface area (Å²) in [4.78, 5) is 34.7. The molecule has 27 heavy (non-hydrogen) atoms. The largest absolute Gasteiger partial charge is 0.495 e. The number of amides is 1. The molecule has 0 fully saturated rings. The van der Waals surface area contributed by atoms with E-state index < -0.39 is 34.2 Å². The van der Waals surface area contributed by atoms with Gasteiger partial charge in [-0.3, -0.25) is 19.1 Å². The van der Waals surface area contributed by atoms with Crippen LogP contribution < -0.4 is 10.1 Å². The molecule has 0 saturated carbocycles. The van der Waals surface area contributed by atoms with E-state index >= 15 is 0 Å². The highest BCUT2D eigenvalue weighted by Crippen LogP contribution is 2.28. The van der Waals surface area contributed by atoms with Crippen LogP contribution in [-0.4, -0.2) is 41.0 Å². The molecular formula is C17H16N2O7S. The lowest BCUT2D eigenvalue weighted by molar-refractivity contribution is -0.384. The average molecular weight is 392 g/mol. The standard InChI is InChI=1S/C17H16N2O7S/c1-25-14-8-7-11(19(22)23)9-13(14)18-16(20)10-26-17(21)12-5-3-4-6-15(12)27(2)24/h3-9H,10H2,1-2H3,(H,18,20)/t27-/m1/s1. The van der Waals surface area contributed by atoms with Crippen molar-refractivity contribution in [1.29, 1.82) is 0 Å². The molecule has 0 aromatic heterocycles. The number of nitrogens with zero attached hydrogens (tertiary/aromatic N) is 1. The number of anilines is 1. The van der Waals surface area contributed by atoms with Crippen molar-refractivity contribution < 1.29 is 28.2 Å². The number of nitrogens with one attached hydrogen (secondary N) is 1. The van der Waals surface area contributed by atoms with Crippen LogP contribution in [-0.2, 0) is 20.3 Å². The molecule has 2 aromatic carbocycles. The number of nitro groups is 1. The summed E-state index contributed by atoms with van der Waals surface area (Å²) in [6, 6.07) is 9.90. The average Bonchev–Trinajstić information content (AvgIpc) is 2.65. The normalized spacial score (nSPS) is 11.3. The van der Waals surface area contributed by atoms with Crippen LogP contribution in [0.25, 0.3) is 0 Å². The van der Waals surface area contributed by atoms with Gasteiger partial charge in [0, 0.05) is 18.4 Å². The van der Waals surface area contributed by atoms with Crippen LogP contribution >= 0.6 is 0 Å². The van der Waals surface area contributed by atoms with Crippen LogP contribution in [0.15, 0.2) is 47.4 Å². The Morgan fingerprint density at radius 1 is 1.22 bits per heavy atom. The molecule has 0 aliphatic carbocycles. The predicted molar refractivity (Wildman–Crippen MR) is 97.3 cm³/mol. The van der Waals surface area contributed by atoms with Crippen molar-refractivity contribution >= 4 is 34.1 Å². The van der Waals surface area contributed by atoms with Gasteiger partial charge in [-0.1, -0.05) is 12.1 Å². The Balaban J connectivity index is 2.07. The molecular weight excluding hydrogens is 376 g/mol. The molecule has 142 valence electrons. The summed E-state index contributed by atoms with van der Waals surface area (Å²) in [5.74, 6) is -1.30. The number of carbonyl (C=O) groups excluding carboxylic acids is 2.